The standard InChI is InChI=1S/C19H21N7/c1-25(2)19-14(4-3-6-22-19)11-26-7-5-17-16(12-26)10-23-18(24-17)15-8-20-13-21-9-15/h3-4,6,8-10,13H,5,7,11-12H2,1-2H3. The van der Waals surface area contributed by atoms with E-state index in [0.29, 0.717) is 5.82 Å². The smallest absolute Gasteiger partial charge is 0.162 e. The molecule has 7 nitrogen and oxygen atoms in total. The monoisotopic (exact) mass is 347 g/mol. The molecule has 3 aromatic rings. The van der Waals surface area contributed by atoms with Gasteiger partial charge in [-0.05, 0) is 6.07 Å². The summed E-state index contributed by atoms with van der Waals surface area (Å²) in [4.78, 5) is 26.3. The average molecular weight is 347 g/mol. The van der Waals surface area contributed by atoms with Crippen molar-refractivity contribution >= 4 is 5.82 Å². The van der Waals surface area contributed by atoms with Crippen LogP contribution in [0.2, 0.25) is 0 Å². The van der Waals surface area contributed by atoms with E-state index in [4.69, 9.17) is 4.98 Å². The van der Waals surface area contributed by atoms with Crippen LogP contribution in [0.3, 0.4) is 0 Å². The Kier molecular flexibility index (Phi) is 4.53. The van der Waals surface area contributed by atoms with E-state index in [0.717, 1.165) is 43.1 Å². The minimum absolute atomic E-state index is 0.694. The molecule has 7 heteroatoms. The highest BCUT2D eigenvalue weighted by atomic mass is 15.2. The number of pyridine rings is 1. The summed E-state index contributed by atoms with van der Waals surface area (Å²) in [6, 6.07) is 4.14. The minimum Gasteiger partial charge on any atom is -0.362 e. The summed E-state index contributed by atoms with van der Waals surface area (Å²) in [6.45, 7) is 2.69. The van der Waals surface area contributed by atoms with Crippen molar-refractivity contribution in [2.45, 2.75) is 19.5 Å². The van der Waals surface area contributed by atoms with Crippen LogP contribution in [-0.2, 0) is 19.5 Å². The molecule has 0 saturated carbocycles. The van der Waals surface area contributed by atoms with Crippen LogP contribution < -0.4 is 4.90 Å². The molecule has 4 heterocycles. The summed E-state index contributed by atoms with van der Waals surface area (Å²) < 4.78 is 0. The van der Waals surface area contributed by atoms with Crippen molar-refractivity contribution < 1.29 is 0 Å². The Morgan fingerprint density at radius 1 is 1.12 bits per heavy atom. The van der Waals surface area contributed by atoms with Crippen LogP contribution in [0.25, 0.3) is 11.4 Å². The molecule has 0 N–H and O–H groups in total. The van der Waals surface area contributed by atoms with Gasteiger partial charge in [-0.3, -0.25) is 4.90 Å². The molecule has 0 aliphatic carbocycles. The van der Waals surface area contributed by atoms with Crippen LogP contribution in [0.1, 0.15) is 16.8 Å². The van der Waals surface area contributed by atoms with Gasteiger partial charge in [0, 0.05) is 76.1 Å². The minimum atomic E-state index is 0.694. The molecular formula is C19H21N7. The van der Waals surface area contributed by atoms with Crippen molar-refractivity contribution in [3.63, 3.8) is 0 Å². The second kappa shape index (κ2) is 7.13. The van der Waals surface area contributed by atoms with E-state index < -0.39 is 0 Å². The quantitative estimate of drug-likeness (QED) is 0.714. The molecule has 0 spiro atoms. The molecule has 1 aliphatic heterocycles. The lowest BCUT2D eigenvalue weighted by atomic mass is 10.1. The number of hydrogen-bond acceptors (Lipinski definition) is 7. The topological polar surface area (TPSA) is 70.9 Å². The van der Waals surface area contributed by atoms with Crippen LogP contribution in [-0.4, -0.2) is 50.5 Å². The third-order valence-electron chi connectivity index (χ3n) is 4.52. The van der Waals surface area contributed by atoms with Gasteiger partial charge in [0.2, 0.25) is 0 Å². The van der Waals surface area contributed by atoms with Gasteiger partial charge in [-0.1, -0.05) is 6.07 Å². The van der Waals surface area contributed by atoms with Gasteiger partial charge in [-0.2, -0.15) is 0 Å². The zero-order valence-electron chi connectivity index (χ0n) is 15.0. The highest BCUT2D eigenvalue weighted by Gasteiger charge is 2.20. The summed E-state index contributed by atoms with van der Waals surface area (Å²) in [6.07, 6.45) is 9.69. The van der Waals surface area contributed by atoms with Crippen LogP contribution in [0.4, 0.5) is 5.82 Å². The maximum Gasteiger partial charge on any atom is 0.162 e. The van der Waals surface area contributed by atoms with Gasteiger partial charge in [0.25, 0.3) is 0 Å². The molecular weight excluding hydrogens is 326 g/mol. The first kappa shape index (κ1) is 16.5. The van der Waals surface area contributed by atoms with E-state index >= 15 is 0 Å². The lowest BCUT2D eigenvalue weighted by molar-refractivity contribution is 0.243. The second-order valence-corrected chi connectivity index (χ2v) is 6.63. The van der Waals surface area contributed by atoms with Crippen molar-refractivity contribution in [3.05, 3.63) is 60.1 Å². The molecule has 132 valence electrons. The summed E-state index contributed by atoms with van der Waals surface area (Å²) >= 11 is 0. The van der Waals surface area contributed by atoms with Gasteiger partial charge in [0.1, 0.15) is 12.1 Å². The fourth-order valence-corrected chi connectivity index (χ4v) is 3.26. The van der Waals surface area contributed by atoms with E-state index in [1.165, 1.54) is 17.5 Å². The fraction of sp³-hybridized carbons (Fsp3) is 0.316. The van der Waals surface area contributed by atoms with Crippen molar-refractivity contribution in [2.24, 2.45) is 0 Å². The number of hydrogen-bond donors (Lipinski definition) is 0. The molecule has 1 aliphatic rings. The molecule has 0 atom stereocenters. The molecule has 0 radical (unpaired) electrons. The molecule has 0 amide bonds. The molecule has 3 aromatic heterocycles. The third-order valence-corrected chi connectivity index (χ3v) is 4.52. The Balaban J connectivity index is 1.52. The molecule has 4 rings (SSSR count). The lowest BCUT2D eigenvalue weighted by Crippen LogP contribution is -2.31. The molecule has 0 bridgehead atoms. The van der Waals surface area contributed by atoms with E-state index in [1.807, 2.05) is 32.6 Å². The van der Waals surface area contributed by atoms with Crippen molar-refractivity contribution in [2.75, 3.05) is 25.5 Å². The van der Waals surface area contributed by atoms with Crippen molar-refractivity contribution in [1.29, 1.82) is 0 Å². The van der Waals surface area contributed by atoms with Crippen molar-refractivity contribution in [3.8, 4) is 11.4 Å². The Bertz CT molecular complexity index is 895. The molecule has 0 saturated heterocycles. The van der Waals surface area contributed by atoms with E-state index in [2.05, 4.69) is 35.8 Å². The second-order valence-electron chi connectivity index (χ2n) is 6.63. The third kappa shape index (κ3) is 3.39. The van der Waals surface area contributed by atoms with E-state index in [9.17, 15) is 0 Å². The summed E-state index contributed by atoms with van der Waals surface area (Å²) in [5.41, 5.74) is 4.39. The van der Waals surface area contributed by atoms with Gasteiger partial charge in [0.15, 0.2) is 5.82 Å². The molecule has 0 aromatic carbocycles. The normalized spacial score (nSPS) is 14.1. The summed E-state index contributed by atoms with van der Waals surface area (Å²) in [5.74, 6) is 1.72. The highest BCUT2D eigenvalue weighted by Crippen LogP contribution is 2.23. The van der Waals surface area contributed by atoms with Crippen LogP contribution in [0.15, 0.2) is 43.2 Å². The number of anilines is 1. The average Bonchev–Trinajstić information content (AvgIpc) is 2.68. The lowest BCUT2D eigenvalue weighted by Gasteiger charge is -2.29. The molecule has 0 unspecified atom stereocenters. The maximum absolute atomic E-state index is 4.73. The zero-order valence-corrected chi connectivity index (χ0v) is 15.0. The summed E-state index contributed by atoms with van der Waals surface area (Å²) in [5, 5.41) is 0. The highest BCUT2D eigenvalue weighted by molar-refractivity contribution is 5.52. The zero-order chi connectivity index (χ0) is 17.9. The molecule has 26 heavy (non-hydrogen) atoms. The first-order chi connectivity index (χ1) is 12.7. The predicted molar refractivity (Wildman–Crippen MR) is 99.4 cm³/mol. The Hall–Kier alpha value is -2.93. The number of aromatic nitrogens is 5. The number of nitrogens with zero attached hydrogens (tertiary/aromatic N) is 7. The van der Waals surface area contributed by atoms with Gasteiger partial charge in [0.05, 0.1) is 11.3 Å². The Labute approximate surface area is 152 Å². The van der Waals surface area contributed by atoms with Gasteiger partial charge in [-0.25, -0.2) is 24.9 Å². The van der Waals surface area contributed by atoms with Crippen LogP contribution in [0.5, 0.6) is 0 Å². The predicted octanol–water partition coefficient (Wildman–Crippen LogP) is 1.95. The largest absolute Gasteiger partial charge is 0.362 e. The SMILES string of the molecule is CN(C)c1ncccc1CN1CCc2nc(-c3cncnc3)ncc2C1. The van der Waals surface area contributed by atoms with Gasteiger partial charge < -0.3 is 4.90 Å². The van der Waals surface area contributed by atoms with Gasteiger partial charge in [-0.15, -0.1) is 0 Å². The number of fused-ring (bicyclic) bond motifs is 1. The van der Waals surface area contributed by atoms with Gasteiger partial charge >= 0.3 is 0 Å². The number of rotatable bonds is 4. The maximum atomic E-state index is 4.73. The Morgan fingerprint density at radius 3 is 2.77 bits per heavy atom. The van der Waals surface area contributed by atoms with Crippen LogP contribution in [0, 0.1) is 0 Å². The molecule has 0 fully saturated rings. The first-order valence-corrected chi connectivity index (χ1v) is 8.64. The van der Waals surface area contributed by atoms with E-state index in [1.54, 1.807) is 12.4 Å². The van der Waals surface area contributed by atoms with E-state index in [-0.39, 0.29) is 0 Å². The Morgan fingerprint density at radius 2 is 1.96 bits per heavy atom. The fourth-order valence-electron chi connectivity index (χ4n) is 3.26. The van der Waals surface area contributed by atoms with Crippen molar-refractivity contribution in [1.82, 2.24) is 29.8 Å². The first-order valence-electron chi connectivity index (χ1n) is 8.64. The van der Waals surface area contributed by atoms with Crippen LogP contribution >= 0.6 is 0 Å². The summed E-state index contributed by atoms with van der Waals surface area (Å²) in [7, 11) is 4.06.